The zero-order valence-corrected chi connectivity index (χ0v) is 14.0. The lowest BCUT2D eigenvalue weighted by Crippen LogP contribution is -2.24. The number of carbonyl (C=O) groups is 1. The van der Waals surface area contributed by atoms with Crippen LogP contribution >= 0.6 is 24.0 Å². The maximum atomic E-state index is 12.1. The van der Waals surface area contributed by atoms with E-state index in [1.165, 1.54) is 12.8 Å². The Kier molecular flexibility index (Phi) is 6.36. The molecule has 0 aromatic heterocycles. The summed E-state index contributed by atoms with van der Waals surface area (Å²) in [4.78, 5) is 12.1. The van der Waals surface area contributed by atoms with Gasteiger partial charge in [0, 0.05) is 12.2 Å². The van der Waals surface area contributed by atoms with Crippen molar-refractivity contribution in [2.45, 2.75) is 38.2 Å². The van der Waals surface area contributed by atoms with Crippen molar-refractivity contribution in [1.29, 1.82) is 0 Å². The standard InChI is InChI=1S/C16H21ClN2O2.ClH/c17-14-9-12(19-16(20)11-7-8-18-10-11)5-6-15(14)21-13-3-1-2-4-13;/h5-6,9,11,13,18H,1-4,7-8,10H2,(H,19,20);1H. The molecule has 2 fully saturated rings. The van der Waals surface area contributed by atoms with E-state index in [-0.39, 0.29) is 30.3 Å². The summed E-state index contributed by atoms with van der Waals surface area (Å²) in [6, 6.07) is 5.48. The number of anilines is 1. The Morgan fingerprint density at radius 2 is 2.05 bits per heavy atom. The average molecular weight is 345 g/mol. The SMILES string of the molecule is Cl.O=C(Nc1ccc(OC2CCCC2)c(Cl)c1)C1CCNC1. The maximum Gasteiger partial charge on any atom is 0.228 e. The number of rotatable bonds is 4. The van der Waals surface area contributed by atoms with Gasteiger partial charge in [0.1, 0.15) is 5.75 Å². The Labute approximate surface area is 142 Å². The van der Waals surface area contributed by atoms with Gasteiger partial charge >= 0.3 is 0 Å². The molecule has 1 unspecified atom stereocenters. The largest absolute Gasteiger partial charge is 0.489 e. The van der Waals surface area contributed by atoms with Crippen molar-refractivity contribution >= 4 is 35.6 Å². The monoisotopic (exact) mass is 344 g/mol. The molecule has 1 aromatic rings. The summed E-state index contributed by atoms with van der Waals surface area (Å²) in [5, 5.41) is 6.68. The lowest BCUT2D eigenvalue weighted by atomic mass is 10.1. The highest BCUT2D eigenvalue weighted by atomic mass is 35.5. The molecule has 1 aliphatic heterocycles. The van der Waals surface area contributed by atoms with Gasteiger partial charge in [-0.3, -0.25) is 4.79 Å². The fraction of sp³-hybridized carbons (Fsp3) is 0.562. The van der Waals surface area contributed by atoms with Crippen LogP contribution in [0.15, 0.2) is 18.2 Å². The highest BCUT2D eigenvalue weighted by Gasteiger charge is 2.23. The number of ether oxygens (including phenoxy) is 1. The van der Waals surface area contributed by atoms with E-state index in [4.69, 9.17) is 16.3 Å². The Balaban J connectivity index is 0.00000176. The van der Waals surface area contributed by atoms with Gasteiger partial charge in [-0.05, 0) is 56.8 Å². The Morgan fingerprint density at radius 1 is 1.27 bits per heavy atom. The summed E-state index contributed by atoms with van der Waals surface area (Å²) in [7, 11) is 0. The molecule has 1 atom stereocenters. The average Bonchev–Trinajstić information content (AvgIpc) is 3.14. The molecule has 1 amide bonds. The molecule has 1 heterocycles. The third-order valence-electron chi connectivity index (χ3n) is 4.23. The van der Waals surface area contributed by atoms with E-state index < -0.39 is 0 Å². The molecule has 1 saturated heterocycles. The predicted molar refractivity (Wildman–Crippen MR) is 91.2 cm³/mol. The Hall–Kier alpha value is -0.970. The van der Waals surface area contributed by atoms with Crippen LogP contribution in [-0.2, 0) is 4.79 Å². The first-order valence-corrected chi connectivity index (χ1v) is 8.08. The molecule has 4 nitrogen and oxygen atoms in total. The second kappa shape index (κ2) is 8.04. The maximum absolute atomic E-state index is 12.1. The topological polar surface area (TPSA) is 50.4 Å². The van der Waals surface area contributed by atoms with Gasteiger partial charge in [0.25, 0.3) is 0 Å². The first-order valence-electron chi connectivity index (χ1n) is 7.70. The molecular formula is C16H22Cl2N2O2. The van der Waals surface area contributed by atoms with Gasteiger partial charge in [-0.1, -0.05) is 11.6 Å². The molecule has 0 spiro atoms. The molecule has 6 heteroatoms. The summed E-state index contributed by atoms with van der Waals surface area (Å²) in [6.45, 7) is 1.66. The number of halogens is 2. The lowest BCUT2D eigenvalue weighted by Gasteiger charge is -2.15. The van der Waals surface area contributed by atoms with Crippen molar-refractivity contribution in [3.63, 3.8) is 0 Å². The number of nitrogens with one attached hydrogen (secondary N) is 2. The molecular weight excluding hydrogens is 323 g/mol. The van der Waals surface area contributed by atoms with Crippen molar-refractivity contribution in [1.82, 2.24) is 5.32 Å². The normalized spacial score (nSPS) is 21.4. The Morgan fingerprint density at radius 3 is 2.68 bits per heavy atom. The van der Waals surface area contributed by atoms with E-state index in [2.05, 4.69) is 10.6 Å². The highest BCUT2D eigenvalue weighted by Crippen LogP contribution is 2.32. The summed E-state index contributed by atoms with van der Waals surface area (Å²) < 4.78 is 5.91. The summed E-state index contributed by atoms with van der Waals surface area (Å²) in [6.07, 6.45) is 5.83. The van der Waals surface area contributed by atoms with E-state index >= 15 is 0 Å². The molecule has 0 radical (unpaired) electrons. The van der Waals surface area contributed by atoms with E-state index in [1.807, 2.05) is 12.1 Å². The van der Waals surface area contributed by atoms with Gasteiger partial charge < -0.3 is 15.4 Å². The van der Waals surface area contributed by atoms with Crippen LogP contribution in [0.3, 0.4) is 0 Å². The summed E-state index contributed by atoms with van der Waals surface area (Å²) in [5.74, 6) is 0.822. The summed E-state index contributed by atoms with van der Waals surface area (Å²) in [5.41, 5.74) is 0.732. The lowest BCUT2D eigenvalue weighted by molar-refractivity contribution is -0.119. The third kappa shape index (κ3) is 4.28. The van der Waals surface area contributed by atoms with E-state index in [0.29, 0.717) is 10.8 Å². The van der Waals surface area contributed by atoms with E-state index in [1.54, 1.807) is 6.07 Å². The fourth-order valence-corrected chi connectivity index (χ4v) is 3.21. The number of benzene rings is 1. The molecule has 0 bridgehead atoms. The van der Waals surface area contributed by atoms with Gasteiger partial charge in [0.15, 0.2) is 0 Å². The van der Waals surface area contributed by atoms with Gasteiger partial charge in [0.2, 0.25) is 5.91 Å². The van der Waals surface area contributed by atoms with Gasteiger partial charge in [-0.25, -0.2) is 0 Å². The van der Waals surface area contributed by atoms with Crippen LogP contribution < -0.4 is 15.4 Å². The molecule has 1 aromatic carbocycles. The second-order valence-electron chi connectivity index (χ2n) is 5.85. The van der Waals surface area contributed by atoms with Crippen LogP contribution in [0.4, 0.5) is 5.69 Å². The molecule has 3 rings (SSSR count). The van der Waals surface area contributed by atoms with Gasteiger partial charge in [-0.2, -0.15) is 0 Å². The molecule has 22 heavy (non-hydrogen) atoms. The highest BCUT2D eigenvalue weighted by molar-refractivity contribution is 6.32. The fourth-order valence-electron chi connectivity index (χ4n) is 2.98. The minimum atomic E-state index is 0. The molecule has 2 N–H and O–H groups in total. The van der Waals surface area contributed by atoms with Crippen LogP contribution in [0.1, 0.15) is 32.1 Å². The predicted octanol–water partition coefficient (Wildman–Crippen LogP) is 3.63. The van der Waals surface area contributed by atoms with Gasteiger partial charge in [0.05, 0.1) is 17.0 Å². The van der Waals surface area contributed by atoms with Crippen molar-refractivity contribution in [2.75, 3.05) is 18.4 Å². The summed E-state index contributed by atoms with van der Waals surface area (Å²) >= 11 is 6.26. The molecule has 2 aliphatic rings. The van der Waals surface area contributed by atoms with Crippen LogP contribution in [-0.4, -0.2) is 25.1 Å². The third-order valence-corrected chi connectivity index (χ3v) is 4.52. The number of carbonyl (C=O) groups excluding carboxylic acids is 1. The molecule has 1 saturated carbocycles. The van der Waals surface area contributed by atoms with E-state index in [0.717, 1.165) is 38.0 Å². The Bertz CT molecular complexity index is 513. The first-order chi connectivity index (χ1) is 10.2. The molecule has 1 aliphatic carbocycles. The van der Waals surface area contributed by atoms with Crippen LogP contribution in [0.5, 0.6) is 5.75 Å². The van der Waals surface area contributed by atoms with Crippen molar-refractivity contribution < 1.29 is 9.53 Å². The molecule has 122 valence electrons. The van der Waals surface area contributed by atoms with Crippen LogP contribution in [0.25, 0.3) is 0 Å². The van der Waals surface area contributed by atoms with E-state index in [9.17, 15) is 4.79 Å². The minimum Gasteiger partial charge on any atom is -0.489 e. The van der Waals surface area contributed by atoms with Crippen LogP contribution in [0, 0.1) is 5.92 Å². The zero-order chi connectivity index (χ0) is 14.7. The van der Waals surface area contributed by atoms with Crippen molar-refractivity contribution in [2.24, 2.45) is 5.92 Å². The number of hydrogen-bond acceptors (Lipinski definition) is 3. The van der Waals surface area contributed by atoms with Gasteiger partial charge in [-0.15, -0.1) is 12.4 Å². The zero-order valence-electron chi connectivity index (χ0n) is 12.4. The first kappa shape index (κ1) is 17.4. The number of amides is 1. The smallest absolute Gasteiger partial charge is 0.228 e. The van der Waals surface area contributed by atoms with Crippen LogP contribution in [0.2, 0.25) is 5.02 Å². The quantitative estimate of drug-likeness (QED) is 0.876. The second-order valence-corrected chi connectivity index (χ2v) is 6.26. The van der Waals surface area contributed by atoms with Crippen molar-refractivity contribution in [3.8, 4) is 5.75 Å². The number of hydrogen-bond donors (Lipinski definition) is 2. The minimum absolute atomic E-state index is 0. The van der Waals surface area contributed by atoms with Crippen molar-refractivity contribution in [3.05, 3.63) is 23.2 Å².